The van der Waals surface area contributed by atoms with Crippen LogP contribution in [0.4, 0.5) is 0 Å². The standard InChI is InChI=1S/C5H7ClO2.C5H8O2/c1-3-8-5(7)4(2)6;1-3-5(6)7-4-2/h2-3H2,1H3;3H,1,4H2,2H3. The van der Waals surface area contributed by atoms with Gasteiger partial charge in [-0.2, -0.15) is 0 Å². The maximum Gasteiger partial charge on any atom is 0.349 e. The molecule has 0 saturated carbocycles. The van der Waals surface area contributed by atoms with Gasteiger partial charge >= 0.3 is 11.9 Å². The average molecular weight is 235 g/mol. The predicted molar refractivity (Wildman–Crippen MR) is 58.5 cm³/mol. The molecule has 15 heavy (non-hydrogen) atoms. The fourth-order valence-electron chi connectivity index (χ4n) is 0.411. The highest BCUT2D eigenvalue weighted by atomic mass is 35.5. The van der Waals surface area contributed by atoms with E-state index in [2.05, 4.69) is 22.6 Å². The third-order valence-corrected chi connectivity index (χ3v) is 1.10. The van der Waals surface area contributed by atoms with Gasteiger partial charge in [-0.3, -0.25) is 0 Å². The van der Waals surface area contributed by atoms with Crippen molar-refractivity contribution in [2.45, 2.75) is 13.8 Å². The highest BCUT2D eigenvalue weighted by molar-refractivity contribution is 6.40. The lowest BCUT2D eigenvalue weighted by Gasteiger charge is -1.95. The SMILES string of the molecule is C=C(Cl)C(=O)OCC.C=CC(=O)OCC. The molecule has 0 aromatic carbocycles. The highest BCUT2D eigenvalue weighted by Crippen LogP contribution is 1.98. The van der Waals surface area contributed by atoms with Crippen LogP contribution in [-0.4, -0.2) is 25.2 Å². The number of hydrogen-bond donors (Lipinski definition) is 0. The van der Waals surface area contributed by atoms with Crippen molar-refractivity contribution in [3.05, 3.63) is 24.3 Å². The minimum absolute atomic E-state index is 0.0770. The zero-order chi connectivity index (χ0) is 12.3. The molecule has 0 fully saturated rings. The van der Waals surface area contributed by atoms with Gasteiger partial charge in [0.05, 0.1) is 13.2 Å². The summed E-state index contributed by atoms with van der Waals surface area (Å²) in [4.78, 5) is 20.4. The number of carbonyl (C=O) groups excluding carboxylic acids is 2. The molecule has 0 unspecified atom stereocenters. The molecule has 0 aliphatic heterocycles. The minimum Gasteiger partial charge on any atom is -0.463 e. The molecule has 0 N–H and O–H groups in total. The van der Waals surface area contributed by atoms with Crippen molar-refractivity contribution in [3.8, 4) is 0 Å². The zero-order valence-electron chi connectivity index (χ0n) is 8.92. The molecule has 0 radical (unpaired) electrons. The van der Waals surface area contributed by atoms with Crippen LogP contribution in [0, 0.1) is 0 Å². The van der Waals surface area contributed by atoms with Crippen LogP contribution >= 0.6 is 11.6 Å². The Hall–Kier alpha value is -1.29. The number of hydrogen-bond acceptors (Lipinski definition) is 4. The molecule has 0 atom stereocenters. The van der Waals surface area contributed by atoms with Crippen molar-refractivity contribution in [2.24, 2.45) is 0 Å². The molecule has 0 aliphatic carbocycles. The molecule has 0 aliphatic rings. The van der Waals surface area contributed by atoms with E-state index in [0.717, 1.165) is 6.08 Å². The summed E-state index contributed by atoms with van der Waals surface area (Å²) in [6, 6.07) is 0. The maximum absolute atomic E-state index is 10.3. The monoisotopic (exact) mass is 234 g/mol. The lowest BCUT2D eigenvalue weighted by Crippen LogP contribution is -2.01. The molecule has 0 aromatic rings. The number of esters is 2. The van der Waals surface area contributed by atoms with Gasteiger partial charge in [-0.25, -0.2) is 9.59 Å². The molecule has 0 saturated heterocycles. The Balaban J connectivity index is 0. The predicted octanol–water partition coefficient (Wildman–Crippen LogP) is 2.04. The smallest absolute Gasteiger partial charge is 0.349 e. The van der Waals surface area contributed by atoms with E-state index in [1.165, 1.54) is 0 Å². The van der Waals surface area contributed by atoms with E-state index in [1.807, 2.05) is 0 Å². The average Bonchev–Trinajstić information content (AvgIpc) is 2.19. The van der Waals surface area contributed by atoms with Crippen LogP contribution in [-0.2, 0) is 19.1 Å². The summed E-state index contributed by atoms with van der Waals surface area (Å²) in [5, 5.41) is -0.0770. The van der Waals surface area contributed by atoms with Crippen LogP contribution in [0.25, 0.3) is 0 Å². The third-order valence-electron chi connectivity index (χ3n) is 0.950. The Morgan fingerprint density at radius 3 is 1.87 bits per heavy atom. The van der Waals surface area contributed by atoms with E-state index in [4.69, 9.17) is 11.6 Å². The molecule has 0 aromatic heterocycles. The van der Waals surface area contributed by atoms with E-state index in [0.29, 0.717) is 13.2 Å². The number of ether oxygens (including phenoxy) is 2. The normalized spacial score (nSPS) is 7.93. The van der Waals surface area contributed by atoms with Crippen molar-refractivity contribution in [2.75, 3.05) is 13.2 Å². The Morgan fingerprint density at radius 2 is 1.73 bits per heavy atom. The third kappa shape index (κ3) is 12.7. The van der Waals surface area contributed by atoms with Gasteiger partial charge in [0.15, 0.2) is 0 Å². The second kappa shape index (κ2) is 10.8. The number of rotatable bonds is 4. The first-order chi connectivity index (χ1) is 6.99. The van der Waals surface area contributed by atoms with Crippen molar-refractivity contribution in [1.29, 1.82) is 0 Å². The Morgan fingerprint density at radius 1 is 1.27 bits per heavy atom. The molecule has 0 heterocycles. The summed E-state index contributed by atoms with van der Waals surface area (Å²) in [6.07, 6.45) is 1.14. The van der Waals surface area contributed by atoms with Gasteiger partial charge in [0, 0.05) is 6.08 Å². The van der Waals surface area contributed by atoms with Crippen molar-refractivity contribution < 1.29 is 19.1 Å². The van der Waals surface area contributed by atoms with Crippen LogP contribution in [0.3, 0.4) is 0 Å². The quantitative estimate of drug-likeness (QED) is 0.552. The second-order valence-electron chi connectivity index (χ2n) is 2.08. The first-order valence-corrected chi connectivity index (χ1v) is 4.68. The Bertz CT molecular complexity index is 236. The highest BCUT2D eigenvalue weighted by Gasteiger charge is 2.00. The van der Waals surface area contributed by atoms with Gasteiger partial charge in [-0.1, -0.05) is 24.8 Å². The minimum atomic E-state index is -0.547. The topological polar surface area (TPSA) is 52.6 Å². The van der Waals surface area contributed by atoms with Crippen LogP contribution in [0.1, 0.15) is 13.8 Å². The molecule has 0 rings (SSSR count). The summed E-state index contributed by atoms with van der Waals surface area (Å²) in [6.45, 7) is 10.6. The molecular weight excluding hydrogens is 220 g/mol. The van der Waals surface area contributed by atoms with Gasteiger partial charge in [-0.05, 0) is 13.8 Å². The Labute approximate surface area is 94.5 Å². The van der Waals surface area contributed by atoms with Gasteiger partial charge in [0.2, 0.25) is 0 Å². The molecule has 5 heteroatoms. The van der Waals surface area contributed by atoms with Crippen molar-refractivity contribution in [1.82, 2.24) is 0 Å². The van der Waals surface area contributed by atoms with Gasteiger partial charge < -0.3 is 9.47 Å². The molecule has 86 valence electrons. The van der Waals surface area contributed by atoms with E-state index < -0.39 is 5.97 Å². The maximum atomic E-state index is 10.3. The first-order valence-electron chi connectivity index (χ1n) is 4.30. The lowest BCUT2D eigenvalue weighted by molar-refractivity contribution is -0.138. The van der Waals surface area contributed by atoms with Gasteiger partial charge in [0.25, 0.3) is 0 Å². The van der Waals surface area contributed by atoms with Crippen LogP contribution in [0.5, 0.6) is 0 Å². The van der Waals surface area contributed by atoms with E-state index >= 15 is 0 Å². The van der Waals surface area contributed by atoms with Crippen molar-refractivity contribution >= 4 is 23.5 Å². The van der Waals surface area contributed by atoms with E-state index in [1.54, 1.807) is 13.8 Å². The Kier molecular flexibility index (Phi) is 11.6. The molecular formula is C10H15ClO4. The summed E-state index contributed by atoms with van der Waals surface area (Å²) < 4.78 is 8.87. The van der Waals surface area contributed by atoms with Crippen LogP contribution < -0.4 is 0 Å². The van der Waals surface area contributed by atoms with E-state index in [-0.39, 0.29) is 11.0 Å². The summed E-state index contributed by atoms with van der Waals surface area (Å²) >= 11 is 5.14. The van der Waals surface area contributed by atoms with Crippen molar-refractivity contribution in [3.63, 3.8) is 0 Å². The van der Waals surface area contributed by atoms with Gasteiger partial charge in [0.1, 0.15) is 5.03 Å². The summed E-state index contributed by atoms with van der Waals surface area (Å²) in [5.74, 6) is -0.906. The molecule has 0 bridgehead atoms. The van der Waals surface area contributed by atoms with Crippen LogP contribution in [0.15, 0.2) is 24.3 Å². The lowest BCUT2D eigenvalue weighted by atomic mass is 10.6. The molecule has 0 amide bonds. The summed E-state index contributed by atoms with van der Waals surface area (Å²) in [5.41, 5.74) is 0. The number of halogens is 1. The van der Waals surface area contributed by atoms with Crippen LogP contribution in [0.2, 0.25) is 0 Å². The van der Waals surface area contributed by atoms with Gasteiger partial charge in [-0.15, -0.1) is 0 Å². The fourth-order valence-corrected chi connectivity index (χ4v) is 0.465. The molecule has 4 nitrogen and oxygen atoms in total. The zero-order valence-corrected chi connectivity index (χ0v) is 9.67. The largest absolute Gasteiger partial charge is 0.463 e. The number of carbonyl (C=O) groups is 2. The van der Waals surface area contributed by atoms with E-state index in [9.17, 15) is 9.59 Å². The first kappa shape index (κ1) is 16.2. The fraction of sp³-hybridized carbons (Fsp3) is 0.400. The second-order valence-corrected chi connectivity index (χ2v) is 2.54. The summed E-state index contributed by atoms with van der Waals surface area (Å²) in [7, 11) is 0. The molecule has 0 spiro atoms.